The number of hydrogen-bond acceptors (Lipinski definition) is 5. The zero-order valence-corrected chi connectivity index (χ0v) is 12.7. The molecule has 112 valence electrons. The van der Waals surface area contributed by atoms with Crippen molar-refractivity contribution < 1.29 is 17.9 Å². The molecule has 6 nitrogen and oxygen atoms in total. The average molecular weight is 329 g/mol. The fraction of sp³-hybridized carbons (Fsp3) is 0.385. The Morgan fingerprint density at radius 3 is 2.67 bits per heavy atom. The molecule has 8 heteroatoms. The Morgan fingerprint density at radius 2 is 2.05 bits per heavy atom. The highest BCUT2D eigenvalue weighted by atomic mass is 35.5. The fourth-order valence-electron chi connectivity index (χ4n) is 2.07. The second kappa shape index (κ2) is 6.43. The first-order valence-corrected chi connectivity index (χ1v) is 8.12. The number of halogens is 1. The Morgan fingerprint density at radius 1 is 1.38 bits per heavy atom. The zero-order valence-electron chi connectivity index (χ0n) is 11.1. The van der Waals surface area contributed by atoms with E-state index in [1.54, 1.807) is 6.07 Å². The van der Waals surface area contributed by atoms with Crippen LogP contribution >= 0.6 is 11.6 Å². The highest BCUT2D eigenvalue weighted by Gasteiger charge is 2.28. The van der Waals surface area contributed by atoms with Crippen LogP contribution in [0.1, 0.15) is 23.2 Å². The summed E-state index contributed by atoms with van der Waals surface area (Å²) in [4.78, 5) is 11.8. The molecule has 0 unspecified atom stereocenters. The van der Waals surface area contributed by atoms with E-state index in [9.17, 15) is 13.2 Å². The van der Waals surface area contributed by atoms with Crippen molar-refractivity contribution in [3.05, 3.63) is 28.8 Å². The third-order valence-corrected chi connectivity index (χ3v) is 5.35. The Labute approximate surface area is 127 Å². The second-order valence-corrected chi connectivity index (χ2v) is 6.83. The number of sulfonamides is 1. The van der Waals surface area contributed by atoms with E-state index in [2.05, 4.69) is 4.74 Å². The number of esters is 1. The van der Waals surface area contributed by atoms with Crippen LogP contribution in [0.5, 0.6) is 0 Å². The summed E-state index contributed by atoms with van der Waals surface area (Å²) in [6, 6.07) is 5.55. The van der Waals surface area contributed by atoms with Gasteiger partial charge in [0.25, 0.3) is 0 Å². The molecule has 0 spiro atoms. The van der Waals surface area contributed by atoms with Gasteiger partial charge in [-0.05, 0) is 31.0 Å². The van der Waals surface area contributed by atoms with Crippen molar-refractivity contribution in [1.29, 1.82) is 5.26 Å². The van der Waals surface area contributed by atoms with Crippen LogP contribution in [-0.4, -0.2) is 38.4 Å². The number of benzene rings is 1. The van der Waals surface area contributed by atoms with E-state index in [0.29, 0.717) is 13.1 Å². The summed E-state index contributed by atoms with van der Waals surface area (Å²) in [5.41, 5.74) is -0.0628. The molecule has 1 aliphatic rings. The summed E-state index contributed by atoms with van der Waals surface area (Å²) in [5.74, 6) is -0.819. The smallest absolute Gasteiger partial charge is 0.340 e. The molecule has 1 aromatic carbocycles. The van der Waals surface area contributed by atoms with E-state index in [1.807, 2.05) is 0 Å². The number of rotatable bonds is 4. The van der Waals surface area contributed by atoms with E-state index in [1.165, 1.54) is 22.5 Å². The first kappa shape index (κ1) is 15.8. The Balaban J connectivity index is 2.34. The Kier molecular flexibility index (Phi) is 4.83. The molecule has 1 heterocycles. The van der Waals surface area contributed by atoms with Gasteiger partial charge in [0.2, 0.25) is 10.0 Å². The fourth-order valence-corrected chi connectivity index (χ4v) is 3.81. The third kappa shape index (κ3) is 3.35. The van der Waals surface area contributed by atoms with Crippen molar-refractivity contribution in [1.82, 2.24) is 4.31 Å². The molecule has 0 N–H and O–H groups in total. The average Bonchev–Trinajstić information content (AvgIpc) is 3.00. The molecule has 0 atom stereocenters. The molecule has 1 aromatic rings. The molecule has 0 aromatic heterocycles. The molecule has 2 rings (SSSR count). The molecular formula is C13H13ClN2O4S. The molecule has 1 saturated heterocycles. The predicted molar refractivity (Wildman–Crippen MR) is 75.3 cm³/mol. The van der Waals surface area contributed by atoms with Crippen LogP contribution in [0.4, 0.5) is 0 Å². The summed E-state index contributed by atoms with van der Waals surface area (Å²) in [6.07, 6.45) is 1.65. The van der Waals surface area contributed by atoms with E-state index in [-0.39, 0.29) is 15.5 Å². The molecule has 0 bridgehead atoms. The zero-order chi connectivity index (χ0) is 15.5. The Bertz CT molecular complexity index is 691. The number of hydrogen-bond donors (Lipinski definition) is 0. The highest BCUT2D eigenvalue weighted by Crippen LogP contribution is 2.25. The largest absolute Gasteiger partial charge is 0.447 e. The highest BCUT2D eigenvalue weighted by molar-refractivity contribution is 7.89. The van der Waals surface area contributed by atoms with Gasteiger partial charge >= 0.3 is 5.97 Å². The number of nitrogens with zero attached hydrogens (tertiary/aromatic N) is 2. The van der Waals surface area contributed by atoms with Gasteiger partial charge in [-0.2, -0.15) is 9.57 Å². The first-order valence-electron chi connectivity index (χ1n) is 6.30. The monoisotopic (exact) mass is 328 g/mol. The molecule has 21 heavy (non-hydrogen) atoms. The molecule has 0 amide bonds. The molecule has 0 aliphatic carbocycles. The minimum atomic E-state index is -3.63. The van der Waals surface area contributed by atoms with Gasteiger partial charge in [0, 0.05) is 13.1 Å². The molecule has 0 saturated carbocycles. The van der Waals surface area contributed by atoms with Crippen LogP contribution in [0, 0.1) is 11.3 Å². The normalized spacial score (nSPS) is 15.6. The summed E-state index contributed by atoms with van der Waals surface area (Å²) >= 11 is 5.89. The van der Waals surface area contributed by atoms with Gasteiger partial charge in [0.05, 0.1) is 15.5 Å². The second-order valence-electron chi connectivity index (χ2n) is 4.49. The predicted octanol–water partition coefficient (Wildman–Crippen LogP) is 1.80. The van der Waals surface area contributed by atoms with Crippen LogP contribution in [-0.2, 0) is 14.8 Å². The number of nitriles is 1. The van der Waals surface area contributed by atoms with Crippen molar-refractivity contribution in [3.8, 4) is 6.07 Å². The van der Waals surface area contributed by atoms with E-state index >= 15 is 0 Å². The van der Waals surface area contributed by atoms with Crippen LogP contribution in [0.3, 0.4) is 0 Å². The van der Waals surface area contributed by atoms with Crippen molar-refractivity contribution in [2.24, 2.45) is 0 Å². The lowest BCUT2D eigenvalue weighted by molar-refractivity contribution is 0.0555. The summed E-state index contributed by atoms with van der Waals surface area (Å²) in [5, 5.41) is 8.48. The maximum Gasteiger partial charge on any atom is 0.340 e. The van der Waals surface area contributed by atoms with Crippen LogP contribution < -0.4 is 0 Å². The van der Waals surface area contributed by atoms with E-state index in [4.69, 9.17) is 16.9 Å². The topological polar surface area (TPSA) is 87.5 Å². The van der Waals surface area contributed by atoms with Crippen LogP contribution in [0.15, 0.2) is 23.1 Å². The van der Waals surface area contributed by atoms with E-state index in [0.717, 1.165) is 12.8 Å². The van der Waals surface area contributed by atoms with Crippen molar-refractivity contribution in [2.75, 3.05) is 19.7 Å². The minimum Gasteiger partial charge on any atom is -0.447 e. The summed E-state index contributed by atoms with van der Waals surface area (Å²) < 4.78 is 30.9. The number of ether oxygens (including phenoxy) is 1. The Hall–Kier alpha value is -1.62. The van der Waals surface area contributed by atoms with Crippen molar-refractivity contribution in [3.63, 3.8) is 0 Å². The minimum absolute atomic E-state index is 0.00212. The first-order chi connectivity index (χ1) is 9.96. The lowest BCUT2D eigenvalue weighted by Crippen LogP contribution is -2.28. The van der Waals surface area contributed by atoms with Crippen LogP contribution in [0.25, 0.3) is 0 Å². The molecule has 1 aliphatic heterocycles. The summed E-state index contributed by atoms with van der Waals surface area (Å²) in [6.45, 7) is 0.524. The third-order valence-electron chi connectivity index (χ3n) is 3.13. The van der Waals surface area contributed by atoms with Crippen molar-refractivity contribution >= 4 is 27.6 Å². The maximum absolute atomic E-state index is 12.4. The lowest BCUT2D eigenvalue weighted by atomic mass is 10.2. The van der Waals surface area contributed by atoms with Gasteiger partial charge in [0.1, 0.15) is 6.07 Å². The van der Waals surface area contributed by atoms with Gasteiger partial charge < -0.3 is 4.74 Å². The molecular weight excluding hydrogens is 316 g/mol. The SMILES string of the molecule is N#CCOC(=O)c1cc(S(=O)(=O)N2CCCC2)ccc1Cl. The standard InChI is InChI=1S/C13H13ClN2O4S/c14-12-4-3-10(9-11(12)13(17)20-8-5-15)21(18,19)16-6-1-2-7-16/h3-4,9H,1-2,6-8H2. The van der Waals surface area contributed by atoms with Gasteiger partial charge in [-0.15, -0.1) is 0 Å². The molecule has 0 radical (unpaired) electrons. The summed E-state index contributed by atoms with van der Waals surface area (Å²) in [7, 11) is -3.63. The lowest BCUT2D eigenvalue weighted by Gasteiger charge is -2.16. The molecule has 1 fully saturated rings. The van der Waals surface area contributed by atoms with Crippen molar-refractivity contribution in [2.45, 2.75) is 17.7 Å². The van der Waals surface area contributed by atoms with Gasteiger partial charge in [0.15, 0.2) is 6.61 Å². The number of carbonyl (C=O) groups excluding carboxylic acids is 1. The van der Waals surface area contributed by atoms with E-state index < -0.39 is 22.6 Å². The van der Waals surface area contributed by atoms with Gasteiger partial charge in [-0.25, -0.2) is 13.2 Å². The maximum atomic E-state index is 12.4. The van der Waals surface area contributed by atoms with Gasteiger partial charge in [-0.3, -0.25) is 0 Å². The van der Waals surface area contributed by atoms with Crippen LogP contribution in [0.2, 0.25) is 5.02 Å². The van der Waals surface area contributed by atoms with Gasteiger partial charge in [-0.1, -0.05) is 11.6 Å². The number of carbonyl (C=O) groups is 1. The quantitative estimate of drug-likeness (QED) is 0.786.